The van der Waals surface area contributed by atoms with Gasteiger partial charge in [0.05, 0.1) is 10.5 Å². The Labute approximate surface area is 124 Å². The predicted octanol–water partition coefficient (Wildman–Crippen LogP) is 3.87. The van der Waals surface area contributed by atoms with Gasteiger partial charge in [-0.3, -0.25) is 10.1 Å². The van der Waals surface area contributed by atoms with Crippen LogP contribution in [-0.4, -0.2) is 4.92 Å². The van der Waals surface area contributed by atoms with E-state index in [0.29, 0.717) is 11.3 Å². The van der Waals surface area contributed by atoms with Gasteiger partial charge in [-0.15, -0.1) is 0 Å². The SMILES string of the molecule is N#Cc1cc(CNc2ccc(Cl)cc2[N+](=O)[O-])ccc1F. The number of nitriles is 1. The van der Waals surface area contributed by atoms with Gasteiger partial charge < -0.3 is 5.32 Å². The lowest BCUT2D eigenvalue weighted by atomic mass is 10.1. The third kappa shape index (κ3) is 3.46. The van der Waals surface area contributed by atoms with Gasteiger partial charge in [0.1, 0.15) is 17.6 Å². The first-order chi connectivity index (χ1) is 10.0. The molecule has 21 heavy (non-hydrogen) atoms. The van der Waals surface area contributed by atoms with Crippen molar-refractivity contribution >= 4 is 23.0 Å². The smallest absolute Gasteiger partial charge is 0.293 e. The maximum absolute atomic E-state index is 13.2. The fourth-order valence-corrected chi connectivity index (χ4v) is 1.94. The van der Waals surface area contributed by atoms with Crippen molar-refractivity contribution in [1.29, 1.82) is 5.26 Å². The summed E-state index contributed by atoms with van der Waals surface area (Å²) in [6, 6.07) is 10.1. The second-order valence-corrected chi connectivity index (χ2v) is 4.63. The molecule has 2 rings (SSSR count). The summed E-state index contributed by atoms with van der Waals surface area (Å²) in [6.45, 7) is 0.220. The van der Waals surface area contributed by atoms with Gasteiger partial charge in [-0.1, -0.05) is 17.7 Å². The van der Waals surface area contributed by atoms with E-state index in [-0.39, 0.29) is 22.8 Å². The Morgan fingerprint density at radius 3 is 2.76 bits per heavy atom. The predicted molar refractivity (Wildman–Crippen MR) is 76.5 cm³/mol. The first kappa shape index (κ1) is 14.8. The molecule has 0 aliphatic rings. The molecule has 0 aliphatic carbocycles. The summed E-state index contributed by atoms with van der Waals surface area (Å²) in [7, 11) is 0. The molecule has 2 aromatic carbocycles. The molecular formula is C14H9ClFN3O2. The molecule has 0 saturated carbocycles. The zero-order valence-corrected chi connectivity index (χ0v) is 11.4. The van der Waals surface area contributed by atoms with Crippen molar-refractivity contribution in [2.75, 3.05) is 5.32 Å². The summed E-state index contributed by atoms with van der Waals surface area (Å²) in [5, 5.41) is 22.8. The molecule has 0 aliphatic heterocycles. The summed E-state index contributed by atoms with van der Waals surface area (Å²) in [6.07, 6.45) is 0. The molecule has 106 valence electrons. The summed E-state index contributed by atoms with van der Waals surface area (Å²) in [4.78, 5) is 10.4. The van der Waals surface area contributed by atoms with Gasteiger partial charge in [0, 0.05) is 17.6 Å². The monoisotopic (exact) mass is 305 g/mol. The van der Waals surface area contributed by atoms with Crippen molar-refractivity contribution in [3.8, 4) is 6.07 Å². The molecule has 0 amide bonds. The van der Waals surface area contributed by atoms with Crippen LogP contribution in [0.3, 0.4) is 0 Å². The number of hydrogen-bond donors (Lipinski definition) is 1. The molecule has 0 bridgehead atoms. The molecule has 0 radical (unpaired) electrons. The number of rotatable bonds is 4. The Hall–Kier alpha value is -2.65. The molecule has 0 aromatic heterocycles. The third-order valence-electron chi connectivity index (χ3n) is 2.79. The Kier molecular flexibility index (Phi) is 4.36. The number of benzene rings is 2. The molecular weight excluding hydrogens is 297 g/mol. The summed E-state index contributed by atoms with van der Waals surface area (Å²) in [5.41, 5.74) is 0.717. The maximum Gasteiger partial charge on any atom is 0.293 e. The second-order valence-electron chi connectivity index (χ2n) is 4.20. The van der Waals surface area contributed by atoms with Crippen LogP contribution in [0.5, 0.6) is 0 Å². The Morgan fingerprint density at radius 2 is 2.10 bits per heavy atom. The van der Waals surface area contributed by atoms with Gasteiger partial charge in [-0.25, -0.2) is 4.39 Å². The largest absolute Gasteiger partial charge is 0.375 e. The number of nitro groups is 1. The molecule has 0 heterocycles. The van der Waals surface area contributed by atoms with Gasteiger partial charge in [0.15, 0.2) is 0 Å². The van der Waals surface area contributed by atoms with E-state index in [9.17, 15) is 14.5 Å². The quantitative estimate of drug-likeness (QED) is 0.687. The normalized spacial score (nSPS) is 9.95. The van der Waals surface area contributed by atoms with Crippen molar-refractivity contribution < 1.29 is 9.31 Å². The number of nitrogens with one attached hydrogen (secondary N) is 1. The second kappa shape index (κ2) is 6.20. The van der Waals surface area contributed by atoms with Crippen LogP contribution in [0.1, 0.15) is 11.1 Å². The fourth-order valence-electron chi connectivity index (χ4n) is 1.77. The van der Waals surface area contributed by atoms with E-state index in [1.54, 1.807) is 6.07 Å². The first-order valence-electron chi connectivity index (χ1n) is 5.87. The van der Waals surface area contributed by atoms with Crippen LogP contribution in [0.2, 0.25) is 5.02 Å². The minimum atomic E-state index is -0.598. The lowest BCUT2D eigenvalue weighted by Crippen LogP contribution is -2.03. The van der Waals surface area contributed by atoms with E-state index in [4.69, 9.17) is 16.9 Å². The fraction of sp³-hybridized carbons (Fsp3) is 0.0714. The standard InChI is InChI=1S/C14H9ClFN3O2/c15-11-2-4-13(14(6-11)19(20)21)18-8-9-1-3-12(16)10(5-9)7-17/h1-6,18H,8H2. The summed E-state index contributed by atoms with van der Waals surface area (Å²) >= 11 is 5.73. The van der Waals surface area contributed by atoms with Crippen LogP contribution >= 0.6 is 11.6 Å². The summed E-state index contributed by atoms with van der Waals surface area (Å²) < 4.78 is 13.2. The van der Waals surface area contributed by atoms with E-state index >= 15 is 0 Å². The van der Waals surface area contributed by atoms with Crippen LogP contribution in [0.4, 0.5) is 15.8 Å². The minimum absolute atomic E-state index is 0.0695. The zero-order valence-electron chi connectivity index (χ0n) is 10.6. The highest BCUT2D eigenvalue weighted by Crippen LogP contribution is 2.28. The Bertz CT molecular complexity index is 743. The highest BCUT2D eigenvalue weighted by molar-refractivity contribution is 6.30. The number of nitrogens with zero attached hydrogens (tertiary/aromatic N) is 2. The van der Waals surface area contributed by atoms with E-state index in [1.165, 1.54) is 36.4 Å². The maximum atomic E-state index is 13.2. The molecule has 5 nitrogen and oxygen atoms in total. The topological polar surface area (TPSA) is 79.0 Å². The molecule has 0 atom stereocenters. The Morgan fingerprint density at radius 1 is 1.33 bits per heavy atom. The third-order valence-corrected chi connectivity index (χ3v) is 3.03. The van der Waals surface area contributed by atoms with E-state index in [1.807, 2.05) is 0 Å². The van der Waals surface area contributed by atoms with Crippen LogP contribution in [-0.2, 0) is 6.54 Å². The van der Waals surface area contributed by atoms with Crippen molar-refractivity contribution in [3.05, 3.63) is 68.5 Å². The molecule has 0 fully saturated rings. The van der Waals surface area contributed by atoms with Gasteiger partial charge in [0.2, 0.25) is 0 Å². The first-order valence-corrected chi connectivity index (χ1v) is 6.25. The number of halogens is 2. The number of nitro benzene ring substituents is 1. The number of anilines is 1. The highest BCUT2D eigenvalue weighted by Gasteiger charge is 2.14. The van der Waals surface area contributed by atoms with E-state index < -0.39 is 10.7 Å². The molecule has 7 heteroatoms. The van der Waals surface area contributed by atoms with Crippen LogP contribution in [0.15, 0.2) is 36.4 Å². The van der Waals surface area contributed by atoms with E-state index in [0.717, 1.165) is 0 Å². The van der Waals surface area contributed by atoms with E-state index in [2.05, 4.69) is 5.32 Å². The average Bonchev–Trinajstić information content (AvgIpc) is 2.47. The van der Waals surface area contributed by atoms with Gasteiger partial charge in [-0.2, -0.15) is 5.26 Å². The molecule has 1 N–H and O–H groups in total. The average molecular weight is 306 g/mol. The van der Waals surface area contributed by atoms with Crippen molar-refractivity contribution in [2.45, 2.75) is 6.54 Å². The lowest BCUT2D eigenvalue weighted by molar-refractivity contribution is -0.383. The van der Waals surface area contributed by atoms with Gasteiger partial charge >= 0.3 is 0 Å². The lowest BCUT2D eigenvalue weighted by Gasteiger charge is -2.08. The molecule has 2 aromatic rings. The Balaban J connectivity index is 2.21. The van der Waals surface area contributed by atoms with Crippen LogP contribution < -0.4 is 5.32 Å². The highest BCUT2D eigenvalue weighted by atomic mass is 35.5. The van der Waals surface area contributed by atoms with Gasteiger partial charge in [-0.05, 0) is 29.8 Å². The van der Waals surface area contributed by atoms with Crippen LogP contribution in [0, 0.1) is 27.3 Å². The van der Waals surface area contributed by atoms with Crippen molar-refractivity contribution in [2.24, 2.45) is 0 Å². The molecule has 0 saturated heterocycles. The van der Waals surface area contributed by atoms with Crippen LogP contribution in [0.25, 0.3) is 0 Å². The van der Waals surface area contributed by atoms with Gasteiger partial charge in [0.25, 0.3) is 5.69 Å². The minimum Gasteiger partial charge on any atom is -0.375 e. The zero-order chi connectivity index (χ0) is 15.4. The van der Waals surface area contributed by atoms with Crippen molar-refractivity contribution in [1.82, 2.24) is 0 Å². The summed E-state index contributed by atoms with van der Waals surface area (Å²) in [5.74, 6) is -0.598. The van der Waals surface area contributed by atoms with Crippen molar-refractivity contribution in [3.63, 3.8) is 0 Å². The molecule has 0 spiro atoms. The number of hydrogen-bond acceptors (Lipinski definition) is 4. The molecule has 0 unspecified atom stereocenters.